The Hall–Kier alpha value is -3.04. The Morgan fingerprint density at radius 1 is 1.11 bits per heavy atom. The first-order chi connectivity index (χ1) is 17.7. The van der Waals surface area contributed by atoms with E-state index in [1.54, 1.807) is 12.1 Å². The zero-order chi connectivity index (χ0) is 28.3. The Labute approximate surface area is 229 Å². The predicted molar refractivity (Wildman–Crippen MR) is 150 cm³/mol. The molecule has 0 radical (unpaired) electrons. The fourth-order valence-corrected chi connectivity index (χ4v) is 5.85. The van der Waals surface area contributed by atoms with Crippen LogP contribution in [0.15, 0.2) is 48.5 Å². The Morgan fingerprint density at radius 3 is 2.37 bits per heavy atom. The molecule has 1 heterocycles. The van der Waals surface area contributed by atoms with Crippen molar-refractivity contribution in [2.75, 3.05) is 5.88 Å². The number of nitrogens with one attached hydrogen (secondary N) is 2. The van der Waals surface area contributed by atoms with Crippen LogP contribution in [0.2, 0.25) is 0 Å². The van der Waals surface area contributed by atoms with E-state index >= 15 is 0 Å². The minimum atomic E-state index is -1.60. The maximum Gasteiger partial charge on any atom is 0.254 e. The molecule has 8 nitrogen and oxygen atoms in total. The second-order valence-corrected chi connectivity index (χ2v) is 12.8. The molecule has 1 saturated heterocycles. The maximum absolute atomic E-state index is 13.7. The van der Waals surface area contributed by atoms with E-state index in [0.717, 1.165) is 5.56 Å². The van der Waals surface area contributed by atoms with Crippen molar-refractivity contribution < 1.29 is 24.6 Å². The quantitative estimate of drug-likeness (QED) is 0.407. The summed E-state index contributed by atoms with van der Waals surface area (Å²) in [6, 6.07) is 12.2. The van der Waals surface area contributed by atoms with Crippen molar-refractivity contribution in [3.8, 4) is 5.75 Å². The van der Waals surface area contributed by atoms with Crippen LogP contribution in [-0.4, -0.2) is 67.2 Å². The predicted octanol–water partition coefficient (Wildman–Crippen LogP) is 3.25. The lowest BCUT2D eigenvalue weighted by atomic mass is 9.96. The number of carbonyl (C=O) groups excluding carboxylic acids is 3. The summed E-state index contributed by atoms with van der Waals surface area (Å²) in [5.41, 5.74) is 1.11. The van der Waals surface area contributed by atoms with E-state index in [1.165, 1.54) is 22.7 Å². The van der Waals surface area contributed by atoms with Crippen LogP contribution >= 0.6 is 11.8 Å². The lowest BCUT2D eigenvalue weighted by Crippen LogP contribution is -2.60. The molecule has 0 spiro atoms. The molecule has 0 unspecified atom stereocenters. The maximum atomic E-state index is 13.7. The Bertz CT molecular complexity index is 1160. The summed E-state index contributed by atoms with van der Waals surface area (Å²) in [5.74, 6) is -1.15. The SMILES string of the molecule is CCc1c(O)cccc1C(=O)N[C@@H](Cc1ccccc1)[C@H](O)C(=O)N1CSC(C)(C)[C@H]1C(=O)NC(C)(C)C. The van der Waals surface area contributed by atoms with Crippen LogP contribution in [0.4, 0.5) is 0 Å². The van der Waals surface area contributed by atoms with Gasteiger partial charge in [0.15, 0.2) is 6.10 Å². The highest BCUT2D eigenvalue weighted by atomic mass is 32.2. The van der Waals surface area contributed by atoms with E-state index in [0.29, 0.717) is 12.0 Å². The number of thioether (sulfide) groups is 1. The van der Waals surface area contributed by atoms with Gasteiger partial charge in [-0.3, -0.25) is 14.4 Å². The largest absolute Gasteiger partial charge is 0.508 e. The molecule has 9 heteroatoms. The van der Waals surface area contributed by atoms with Crippen LogP contribution in [0.3, 0.4) is 0 Å². The van der Waals surface area contributed by atoms with E-state index in [9.17, 15) is 24.6 Å². The minimum Gasteiger partial charge on any atom is -0.508 e. The molecule has 2 aromatic rings. The molecular formula is C29H39N3O5S. The number of benzene rings is 2. The average molecular weight is 542 g/mol. The molecule has 4 N–H and O–H groups in total. The number of rotatable bonds is 8. The number of phenols is 1. The van der Waals surface area contributed by atoms with Gasteiger partial charge in [-0.15, -0.1) is 11.8 Å². The smallest absolute Gasteiger partial charge is 0.254 e. The summed E-state index contributed by atoms with van der Waals surface area (Å²) in [7, 11) is 0. The van der Waals surface area contributed by atoms with Gasteiger partial charge >= 0.3 is 0 Å². The zero-order valence-electron chi connectivity index (χ0n) is 22.9. The van der Waals surface area contributed by atoms with Gasteiger partial charge in [0.2, 0.25) is 5.91 Å². The topological polar surface area (TPSA) is 119 Å². The second kappa shape index (κ2) is 11.8. The lowest BCUT2D eigenvalue weighted by Gasteiger charge is -2.35. The highest BCUT2D eigenvalue weighted by Gasteiger charge is 2.50. The number of phenolic OH excluding ortho intramolecular Hbond substituents is 1. The van der Waals surface area contributed by atoms with E-state index in [2.05, 4.69) is 10.6 Å². The van der Waals surface area contributed by atoms with E-state index in [1.807, 2.05) is 71.9 Å². The number of hydrogen-bond donors (Lipinski definition) is 4. The standard InChI is InChI=1S/C29H39N3O5S/c1-7-19-20(14-11-15-22(19)33)25(35)30-21(16-18-12-9-8-10-13-18)23(34)27(37)32-17-38-29(5,6)24(32)26(36)31-28(2,3)4/h8-15,21,23-24,33-34H,7,16-17H2,1-6H3,(H,30,35)(H,31,36)/t21-,23-,24+/m0/s1. The Kier molecular flexibility index (Phi) is 9.15. The molecule has 1 fully saturated rings. The van der Waals surface area contributed by atoms with Crippen molar-refractivity contribution in [1.82, 2.24) is 15.5 Å². The van der Waals surface area contributed by atoms with Crippen molar-refractivity contribution in [2.45, 2.75) is 82.9 Å². The van der Waals surface area contributed by atoms with Crippen molar-refractivity contribution in [2.24, 2.45) is 0 Å². The molecule has 38 heavy (non-hydrogen) atoms. The number of carbonyl (C=O) groups is 3. The molecule has 0 bridgehead atoms. The van der Waals surface area contributed by atoms with Gasteiger partial charge in [-0.1, -0.05) is 43.3 Å². The molecule has 3 atom stereocenters. The first-order valence-corrected chi connectivity index (χ1v) is 13.8. The first kappa shape index (κ1) is 29.5. The highest BCUT2D eigenvalue weighted by Crippen LogP contribution is 2.40. The van der Waals surface area contributed by atoms with Gasteiger partial charge in [-0.25, -0.2) is 0 Å². The fraction of sp³-hybridized carbons (Fsp3) is 0.483. The normalized spacial score (nSPS) is 18.5. The highest BCUT2D eigenvalue weighted by molar-refractivity contribution is 8.00. The van der Waals surface area contributed by atoms with Crippen molar-refractivity contribution in [1.29, 1.82) is 0 Å². The van der Waals surface area contributed by atoms with Crippen molar-refractivity contribution >= 4 is 29.5 Å². The molecule has 1 aliphatic heterocycles. The molecule has 3 rings (SSSR count). The summed E-state index contributed by atoms with van der Waals surface area (Å²) >= 11 is 1.47. The molecule has 3 amide bonds. The third-order valence-electron chi connectivity index (χ3n) is 6.57. The van der Waals surface area contributed by atoms with Gasteiger partial charge in [-0.05, 0) is 65.2 Å². The molecule has 0 saturated carbocycles. The van der Waals surface area contributed by atoms with Crippen LogP contribution in [-0.2, 0) is 22.4 Å². The molecule has 1 aliphatic rings. The van der Waals surface area contributed by atoms with Gasteiger partial charge in [-0.2, -0.15) is 0 Å². The number of aliphatic hydroxyl groups is 1. The number of hydrogen-bond acceptors (Lipinski definition) is 6. The van der Waals surface area contributed by atoms with Crippen LogP contribution in [0.1, 0.15) is 63.0 Å². The van der Waals surface area contributed by atoms with Crippen molar-refractivity contribution in [3.05, 3.63) is 65.2 Å². The van der Waals surface area contributed by atoms with Gasteiger partial charge in [0.05, 0.1) is 11.9 Å². The fourth-order valence-electron chi connectivity index (χ4n) is 4.71. The van der Waals surface area contributed by atoms with E-state index in [4.69, 9.17) is 0 Å². The van der Waals surface area contributed by atoms with Gasteiger partial charge in [0, 0.05) is 21.4 Å². The van der Waals surface area contributed by atoms with E-state index < -0.39 is 40.3 Å². The summed E-state index contributed by atoms with van der Waals surface area (Å²) in [6.07, 6.45) is -0.963. The van der Waals surface area contributed by atoms with Gasteiger partial charge in [0.1, 0.15) is 11.8 Å². The van der Waals surface area contributed by atoms with Crippen LogP contribution in [0.25, 0.3) is 0 Å². The summed E-state index contributed by atoms with van der Waals surface area (Å²) in [6.45, 7) is 11.3. The Balaban J connectivity index is 1.91. The molecule has 0 aliphatic carbocycles. The number of nitrogens with zero attached hydrogens (tertiary/aromatic N) is 1. The molecular weight excluding hydrogens is 502 g/mol. The molecule has 2 aromatic carbocycles. The van der Waals surface area contributed by atoms with Crippen LogP contribution < -0.4 is 10.6 Å². The number of aromatic hydroxyl groups is 1. The molecule has 206 valence electrons. The monoisotopic (exact) mass is 541 g/mol. The number of aliphatic hydroxyl groups excluding tert-OH is 1. The third kappa shape index (κ3) is 6.88. The van der Waals surface area contributed by atoms with Crippen LogP contribution in [0.5, 0.6) is 5.75 Å². The zero-order valence-corrected chi connectivity index (χ0v) is 23.8. The van der Waals surface area contributed by atoms with E-state index in [-0.39, 0.29) is 29.5 Å². The third-order valence-corrected chi connectivity index (χ3v) is 7.95. The van der Waals surface area contributed by atoms with Crippen LogP contribution in [0, 0.1) is 0 Å². The Morgan fingerprint density at radius 2 is 1.76 bits per heavy atom. The summed E-state index contributed by atoms with van der Waals surface area (Å²) in [4.78, 5) is 41.7. The summed E-state index contributed by atoms with van der Waals surface area (Å²) in [5, 5.41) is 27.4. The van der Waals surface area contributed by atoms with Crippen molar-refractivity contribution in [3.63, 3.8) is 0 Å². The second-order valence-electron chi connectivity index (χ2n) is 11.2. The first-order valence-electron chi connectivity index (χ1n) is 12.9. The average Bonchev–Trinajstić information content (AvgIpc) is 3.17. The minimum absolute atomic E-state index is 0.0143. The van der Waals surface area contributed by atoms with Gasteiger partial charge < -0.3 is 25.7 Å². The number of amides is 3. The molecule has 0 aromatic heterocycles. The van der Waals surface area contributed by atoms with Gasteiger partial charge in [0.25, 0.3) is 11.8 Å². The summed E-state index contributed by atoms with van der Waals surface area (Å²) < 4.78 is -0.569. The lowest BCUT2D eigenvalue weighted by molar-refractivity contribution is -0.147.